The Bertz CT molecular complexity index is 1710. The van der Waals surface area contributed by atoms with Crippen molar-refractivity contribution in [3.63, 3.8) is 0 Å². The number of aryl methyl sites for hydroxylation is 2. The number of benzene rings is 1. The van der Waals surface area contributed by atoms with Crippen LogP contribution >= 0.6 is 0 Å². The van der Waals surface area contributed by atoms with E-state index in [4.69, 9.17) is 4.98 Å². The molecule has 0 N–H and O–H groups in total. The van der Waals surface area contributed by atoms with Gasteiger partial charge in [0.25, 0.3) is 0 Å². The molecular formula is C32H33F6N7O. The predicted molar refractivity (Wildman–Crippen MR) is 159 cm³/mol. The number of carbonyl (C=O) groups excluding carboxylic acids is 1. The van der Waals surface area contributed by atoms with Crippen molar-refractivity contribution >= 4 is 28.6 Å². The fraction of sp³-hybridized carbons (Fsp3) is 0.469. The molecule has 0 saturated heterocycles. The first-order valence-corrected chi connectivity index (χ1v) is 15.1. The summed E-state index contributed by atoms with van der Waals surface area (Å²) in [7, 11) is 1.81. The Kier molecular flexibility index (Phi) is 8.18. The van der Waals surface area contributed by atoms with Gasteiger partial charge < -0.3 is 9.80 Å². The number of fused-ring (bicyclic) bond motifs is 1. The summed E-state index contributed by atoms with van der Waals surface area (Å²) >= 11 is 0. The molecule has 0 radical (unpaired) electrons. The van der Waals surface area contributed by atoms with Gasteiger partial charge in [-0.1, -0.05) is 0 Å². The van der Waals surface area contributed by atoms with Gasteiger partial charge in [0, 0.05) is 56.6 Å². The van der Waals surface area contributed by atoms with E-state index < -0.39 is 23.5 Å². The Morgan fingerprint density at radius 2 is 1.43 bits per heavy atom. The van der Waals surface area contributed by atoms with Crippen LogP contribution in [-0.2, 0) is 32.5 Å². The zero-order valence-corrected chi connectivity index (χ0v) is 25.6. The van der Waals surface area contributed by atoms with Gasteiger partial charge in [-0.25, -0.2) is 15.0 Å². The molecule has 0 aliphatic heterocycles. The van der Waals surface area contributed by atoms with Crippen molar-refractivity contribution in [3.05, 3.63) is 70.2 Å². The highest BCUT2D eigenvalue weighted by atomic mass is 19.4. The predicted octanol–water partition coefficient (Wildman–Crippen LogP) is 7.14. The van der Waals surface area contributed by atoms with Crippen LogP contribution in [0.25, 0.3) is 11.0 Å². The summed E-state index contributed by atoms with van der Waals surface area (Å²) in [6.45, 7) is 4.44. The van der Waals surface area contributed by atoms with Crippen LogP contribution in [0.5, 0.6) is 0 Å². The van der Waals surface area contributed by atoms with Crippen LogP contribution < -0.4 is 9.80 Å². The van der Waals surface area contributed by atoms with Crippen LogP contribution in [0.3, 0.4) is 0 Å². The van der Waals surface area contributed by atoms with E-state index in [1.165, 1.54) is 24.2 Å². The number of alkyl halides is 6. The molecular weight excluding hydrogens is 612 g/mol. The van der Waals surface area contributed by atoms with Crippen molar-refractivity contribution in [1.29, 1.82) is 0 Å². The molecule has 2 fully saturated rings. The van der Waals surface area contributed by atoms with Crippen LogP contribution in [0.2, 0.25) is 0 Å². The Morgan fingerprint density at radius 1 is 0.870 bits per heavy atom. The van der Waals surface area contributed by atoms with E-state index in [1.807, 2.05) is 13.0 Å². The number of pyridine rings is 1. The minimum Gasteiger partial charge on any atom is -0.356 e. The molecule has 0 bridgehead atoms. The fourth-order valence-corrected chi connectivity index (χ4v) is 5.64. The third-order valence-corrected chi connectivity index (χ3v) is 8.42. The number of carbonyl (C=O) groups is 1. The summed E-state index contributed by atoms with van der Waals surface area (Å²) in [5, 5.41) is 5.31. The van der Waals surface area contributed by atoms with E-state index in [2.05, 4.69) is 20.0 Å². The van der Waals surface area contributed by atoms with Crippen molar-refractivity contribution in [3.8, 4) is 0 Å². The van der Waals surface area contributed by atoms with Gasteiger partial charge in [0.15, 0.2) is 11.4 Å². The highest BCUT2D eigenvalue weighted by Gasteiger charge is 2.37. The highest BCUT2D eigenvalue weighted by Crippen LogP contribution is 2.39. The van der Waals surface area contributed by atoms with E-state index in [9.17, 15) is 31.1 Å². The number of anilines is 2. The summed E-state index contributed by atoms with van der Waals surface area (Å²) in [6.07, 6.45) is -2.94. The third kappa shape index (κ3) is 7.10. The lowest BCUT2D eigenvalue weighted by atomic mass is 10.0. The first-order chi connectivity index (χ1) is 21.7. The molecule has 1 aromatic carbocycles. The number of halogens is 6. The number of hydrogen-bond donors (Lipinski definition) is 0. The van der Waals surface area contributed by atoms with Crippen LogP contribution in [0.4, 0.5) is 38.1 Å². The smallest absolute Gasteiger partial charge is 0.356 e. The van der Waals surface area contributed by atoms with E-state index in [1.54, 1.807) is 11.7 Å². The highest BCUT2D eigenvalue weighted by molar-refractivity contribution is 5.93. The third-order valence-electron chi connectivity index (χ3n) is 8.42. The Balaban J connectivity index is 1.46. The zero-order chi connectivity index (χ0) is 33.0. The fourth-order valence-electron chi connectivity index (χ4n) is 5.64. The van der Waals surface area contributed by atoms with Crippen LogP contribution in [0, 0.1) is 18.8 Å². The van der Waals surface area contributed by atoms with Crippen LogP contribution in [-0.4, -0.2) is 43.6 Å². The van der Waals surface area contributed by atoms with E-state index in [-0.39, 0.29) is 42.0 Å². The summed E-state index contributed by atoms with van der Waals surface area (Å²) in [5.41, 5.74) is -0.685. The molecule has 0 amide bonds. The summed E-state index contributed by atoms with van der Waals surface area (Å²) in [6, 6.07) is 3.48. The monoisotopic (exact) mass is 645 g/mol. The second-order valence-corrected chi connectivity index (χ2v) is 12.4. The average Bonchev–Trinajstić information content (AvgIpc) is 3.92. The average molecular weight is 646 g/mol. The number of hydrogen-bond acceptors (Lipinski definition) is 7. The lowest BCUT2D eigenvalue weighted by Crippen LogP contribution is -2.32. The molecule has 244 valence electrons. The molecule has 14 heteroatoms. The van der Waals surface area contributed by atoms with Gasteiger partial charge in [-0.05, 0) is 81.2 Å². The molecule has 3 aromatic heterocycles. The summed E-state index contributed by atoms with van der Waals surface area (Å²) in [4.78, 5) is 29.4. The van der Waals surface area contributed by atoms with Gasteiger partial charge in [-0.3, -0.25) is 9.48 Å². The van der Waals surface area contributed by atoms with Gasteiger partial charge in [-0.2, -0.15) is 31.4 Å². The first-order valence-electron chi connectivity index (χ1n) is 15.1. The topological polar surface area (TPSA) is 80.0 Å². The lowest BCUT2D eigenvalue weighted by molar-refractivity contribution is -0.143. The number of ketones is 1. The van der Waals surface area contributed by atoms with Crippen molar-refractivity contribution in [2.24, 2.45) is 18.9 Å². The zero-order valence-electron chi connectivity index (χ0n) is 25.6. The number of rotatable bonds is 11. The van der Waals surface area contributed by atoms with Crippen molar-refractivity contribution in [1.82, 2.24) is 24.7 Å². The van der Waals surface area contributed by atoms with Crippen LogP contribution in [0.15, 0.2) is 36.7 Å². The van der Waals surface area contributed by atoms with Gasteiger partial charge in [-0.15, -0.1) is 0 Å². The van der Waals surface area contributed by atoms with Gasteiger partial charge in [0.05, 0.1) is 22.4 Å². The molecule has 0 atom stereocenters. The molecule has 0 unspecified atom stereocenters. The van der Waals surface area contributed by atoms with Crippen LogP contribution in [0.1, 0.15) is 70.9 Å². The molecule has 3 heterocycles. The molecule has 2 aliphatic carbocycles. The van der Waals surface area contributed by atoms with Gasteiger partial charge in [0.1, 0.15) is 5.82 Å². The van der Waals surface area contributed by atoms with E-state index >= 15 is 0 Å². The molecule has 0 spiro atoms. The van der Waals surface area contributed by atoms with Gasteiger partial charge >= 0.3 is 12.4 Å². The number of aromatic nitrogens is 5. The Hall–Kier alpha value is -4.23. The standard InChI is InChI=1S/C32H33F6N7O/c1-18-27-10-23(28(41-29(27)43(3)42-18)44(14-20-4-5-20)15-21-6-7-21)17-45(30-39-12-24(13-40-30)19(2)46)16-22-8-25(31(33,34)35)11-26(9-22)32(36,37)38/h8-13,20-21H,4-7,14-17H2,1-3H3. The molecule has 2 saturated carbocycles. The maximum Gasteiger partial charge on any atom is 0.416 e. The normalized spacial score (nSPS) is 15.4. The largest absolute Gasteiger partial charge is 0.416 e. The second-order valence-electron chi connectivity index (χ2n) is 12.4. The summed E-state index contributed by atoms with van der Waals surface area (Å²) < 4.78 is 84.2. The Morgan fingerprint density at radius 3 is 1.93 bits per heavy atom. The Labute approximate surface area is 261 Å². The number of Topliss-reactive ketones (excluding diaryl/α,β-unsaturated/α-hetero) is 1. The summed E-state index contributed by atoms with van der Waals surface area (Å²) in [5.74, 6) is 1.51. The second kappa shape index (κ2) is 11.8. The maximum absolute atomic E-state index is 13.8. The molecule has 4 aromatic rings. The molecule has 8 nitrogen and oxygen atoms in total. The number of nitrogens with zero attached hydrogens (tertiary/aromatic N) is 7. The SMILES string of the molecule is CC(=O)c1cnc(N(Cc2cc(C(F)(F)F)cc(C(F)(F)F)c2)Cc2cc3c(C)nn(C)c3nc2N(CC2CC2)CC2CC2)nc1. The van der Waals surface area contributed by atoms with E-state index in [0.29, 0.717) is 41.0 Å². The molecule has 46 heavy (non-hydrogen) atoms. The maximum atomic E-state index is 13.8. The molecule has 2 aliphatic rings. The molecule has 6 rings (SSSR count). The van der Waals surface area contributed by atoms with Crippen molar-refractivity contribution < 1.29 is 31.1 Å². The first kappa shape index (κ1) is 31.7. The minimum atomic E-state index is -4.99. The quantitative estimate of drug-likeness (QED) is 0.127. The minimum absolute atomic E-state index is 0.0233. The lowest BCUT2D eigenvalue weighted by Gasteiger charge is -2.29. The van der Waals surface area contributed by atoms with Gasteiger partial charge in [0.2, 0.25) is 5.95 Å². The van der Waals surface area contributed by atoms with Crippen molar-refractivity contribution in [2.45, 2.75) is 65.0 Å². The van der Waals surface area contributed by atoms with Crippen molar-refractivity contribution in [2.75, 3.05) is 22.9 Å². The van der Waals surface area contributed by atoms with E-state index in [0.717, 1.165) is 49.9 Å².